The predicted molar refractivity (Wildman–Crippen MR) is 163 cm³/mol. The third kappa shape index (κ3) is 7.49. The van der Waals surface area contributed by atoms with Gasteiger partial charge in [0, 0.05) is 12.6 Å². The van der Waals surface area contributed by atoms with Gasteiger partial charge < -0.3 is 10.2 Å². The number of hydrogen-bond acceptors (Lipinski definition) is 4. The Hall–Kier alpha value is -3.36. The number of sulfonamides is 1. The third-order valence-electron chi connectivity index (χ3n) is 7.73. The van der Waals surface area contributed by atoms with E-state index in [9.17, 15) is 18.0 Å². The van der Waals surface area contributed by atoms with Gasteiger partial charge in [0.15, 0.2) is 0 Å². The number of anilines is 1. The lowest BCUT2D eigenvalue weighted by Gasteiger charge is -2.33. The minimum Gasteiger partial charge on any atom is -0.352 e. The molecule has 9 heteroatoms. The molecular formula is C32H38ClN3O4S. The molecule has 1 aliphatic rings. The van der Waals surface area contributed by atoms with E-state index in [-0.39, 0.29) is 34.1 Å². The molecule has 1 N–H and O–H groups in total. The minimum absolute atomic E-state index is 0.0457. The van der Waals surface area contributed by atoms with Gasteiger partial charge in [-0.25, -0.2) is 8.42 Å². The van der Waals surface area contributed by atoms with Crippen molar-refractivity contribution in [1.82, 2.24) is 10.2 Å². The fraction of sp³-hybridized carbons (Fsp3) is 0.375. The van der Waals surface area contributed by atoms with Crippen molar-refractivity contribution in [1.29, 1.82) is 0 Å². The lowest BCUT2D eigenvalue weighted by molar-refractivity contribution is -0.139. The number of nitrogens with zero attached hydrogens (tertiary/aromatic N) is 2. The van der Waals surface area contributed by atoms with Crippen LogP contribution in [0.15, 0.2) is 77.7 Å². The van der Waals surface area contributed by atoms with Crippen molar-refractivity contribution in [2.45, 2.75) is 76.4 Å². The van der Waals surface area contributed by atoms with E-state index in [2.05, 4.69) is 5.32 Å². The maximum atomic E-state index is 14.1. The maximum Gasteiger partial charge on any atom is 0.264 e. The van der Waals surface area contributed by atoms with Gasteiger partial charge in [0.2, 0.25) is 11.8 Å². The molecule has 1 saturated carbocycles. The zero-order chi connectivity index (χ0) is 29.6. The summed E-state index contributed by atoms with van der Waals surface area (Å²) in [5.74, 6) is -0.750. The topological polar surface area (TPSA) is 86.8 Å². The lowest BCUT2D eigenvalue weighted by Crippen LogP contribution is -2.53. The second kappa shape index (κ2) is 13.5. The van der Waals surface area contributed by atoms with Crippen LogP contribution in [-0.4, -0.2) is 43.8 Å². The molecule has 0 bridgehead atoms. The normalized spacial score (nSPS) is 14.7. The first-order chi connectivity index (χ1) is 19.6. The van der Waals surface area contributed by atoms with E-state index >= 15 is 0 Å². The number of hydrogen-bond donors (Lipinski definition) is 1. The van der Waals surface area contributed by atoms with E-state index in [0.717, 1.165) is 53.1 Å². The van der Waals surface area contributed by atoms with Gasteiger partial charge in [0.1, 0.15) is 12.6 Å². The first-order valence-electron chi connectivity index (χ1n) is 14.1. The highest BCUT2D eigenvalue weighted by atomic mass is 35.5. The fourth-order valence-electron chi connectivity index (χ4n) is 5.13. The number of halogens is 1. The zero-order valence-electron chi connectivity index (χ0n) is 23.8. The van der Waals surface area contributed by atoms with Crippen LogP contribution in [-0.2, 0) is 26.2 Å². The van der Waals surface area contributed by atoms with Crippen molar-refractivity contribution >= 4 is 39.1 Å². The van der Waals surface area contributed by atoms with Crippen LogP contribution in [0.2, 0.25) is 5.02 Å². The number of aryl methyl sites for hydroxylation is 2. The largest absolute Gasteiger partial charge is 0.352 e. The van der Waals surface area contributed by atoms with E-state index in [1.54, 1.807) is 43.3 Å². The van der Waals surface area contributed by atoms with Crippen molar-refractivity contribution in [3.8, 4) is 0 Å². The van der Waals surface area contributed by atoms with Gasteiger partial charge in [-0.15, -0.1) is 0 Å². The molecule has 0 heterocycles. The standard InChI is InChI=1S/C32H38ClN3O4S/c1-23-17-19-28(20-18-23)41(39,40)36(30-16-10-9-15-29(30)33)22-31(37)35(21-26-12-8-7-11-24(26)2)25(3)32(38)34-27-13-5-4-6-14-27/h7-12,15-20,25,27H,4-6,13-14,21-22H2,1-3H3,(H,34,38)/t25-/m0/s1. The number of nitrogens with one attached hydrogen (secondary N) is 1. The lowest BCUT2D eigenvalue weighted by atomic mass is 9.95. The molecule has 4 rings (SSSR count). The van der Waals surface area contributed by atoms with Gasteiger partial charge in [-0.3, -0.25) is 13.9 Å². The van der Waals surface area contributed by atoms with Crippen LogP contribution in [0.5, 0.6) is 0 Å². The van der Waals surface area contributed by atoms with E-state index in [1.807, 2.05) is 38.1 Å². The summed E-state index contributed by atoms with van der Waals surface area (Å²) in [7, 11) is -4.17. The summed E-state index contributed by atoms with van der Waals surface area (Å²) in [4.78, 5) is 29.1. The van der Waals surface area contributed by atoms with Gasteiger partial charge in [-0.1, -0.05) is 85.0 Å². The van der Waals surface area contributed by atoms with Crippen LogP contribution in [0.1, 0.15) is 55.7 Å². The summed E-state index contributed by atoms with van der Waals surface area (Å²) >= 11 is 6.48. The summed E-state index contributed by atoms with van der Waals surface area (Å²) in [5, 5.41) is 3.32. The van der Waals surface area contributed by atoms with Gasteiger partial charge in [-0.2, -0.15) is 0 Å². The van der Waals surface area contributed by atoms with Crippen LogP contribution >= 0.6 is 11.6 Å². The van der Waals surface area contributed by atoms with E-state index < -0.39 is 28.5 Å². The van der Waals surface area contributed by atoms with Crippen molar-refractivity contribution in [2.24, 2.45) is 0 Å². The van der Waals surface area contributed by atoms with E-state index in [0.29, 0.717) is 0 Å². The second-order valence-electron chi connectivity index (χ2n) is 10.7. The minimum atomic E-state index is -4.17. The molecule has 0 radical (unpaired) electrons. The molecule has 0 aliphatic heterocycles. The van der Waals surface area contributed by atoms with Crippen molar-refractivity contribution < 1.29 is 18.0 Å². The number of benzene rings is 3. The molecule has 1 atom stereocenters. The number of para-hydroxylation sites is 1. The molecule has 7 nitrogen and oxygen atoms in total. The summed E-state index contributed by atoms with van der Waals surface area (Å²) in [6, 6.07) is 19.9. The Kier molecular flexibility index (Phi) is 10.1. The smallest absolute Gasteiger partial charge is 0.264 e. The number of carbonyl (C=O) groups excluding carboxylic acids is 2. The fourth-order valence-corrected chi connectivity index (χ4v) is 6.85. The molecule has 0 unspecified atom stereocenters. The molecule has 0 saturated heterocycles. The number of carbonyl (C=O) groups is 2. The van der Waals surface area contributed by atoms with Crippen molar-refractivity contribution in [2.75, 3.05) is 10.8 Å². The highest BCUT2D eigenvalue weighted by Crippen LogP contribution is 2.31. The average Bonchev–Trinajstić information content (AvgIpc) is 2.96. The predicted octanol–water partition coefficient (Wildman–Crippen LogP) is 6.02. The van der Waals surface area contributed by atoms with Crippen molar-refractivity contribution in [3.63, 3.8) is 0 Å². The first kappa shape index (κ1) is 30.6. The molecular weight excluding hydrogens is 558 g/mol. The number of rotatable bonds is 10. The summed E-state index contributed by atoms with van der Waals surface area (Å²) in [6.45, 7) is 5.15. The SMILES string of the molecule is Cc1ccc(S(=O)(=O)N(CC(=O)N(Cc2ccccc2C)[C@@H](C)C(=O)NC2CCCCC2)c2ccccc2Cl)cc1. The molecule has 3 aromatic rings. The van der Waals surface area contributed by atoms with Gasteiger partial charge in [0.25, 0.3) is 10.0 Å². The highest BCUT2D eigenvalue weighted by Gasteiger charge is 2.34. The highest BCUT2D eigenvalue weighted by molar-refractivity contribution is 7.92. The Morgan fingerprint density at radius 1 is 0.927 bits per heavy atom. The van der Waals surface area contributed by atoms with E-state index in [1.165, 1.54) is 17.0 Å². The molecule has 218 valence electrons. The Balaban J connectivity index is 1.69. The maximum absolute atomic E-state index is 14.1. The van der Waals surface area contributed by atoms with E-state index in [4.69, 9.17) is 11.6 Å². The zero-order valence-corrected chi connectivity index (χ0v) is 25.4. The Morgan fingerprint density at radius 2 is 1.56 bits per heavy atom. The Bertz CT molecular complexity index is 1470. The molecule has 41 heavy (non-hydrogen) atoms. The quantitative estimate of drug-likeness (QED) is 0.311. The van der Waals surface area contributed by atoms with Crippen LogP contribution < -0.4 is 9.62 Å². The summed E-state index contributed by atoms with van der Waals surface area (Å²) in [5.41, 5.74) is 2.95. The molecule has 1 aliphatic carbocycles. The molecule has 1 fully saturated rings. The molecule has 0 aromatic heterocycles. The van der Waals surface area contributed by atoms with Gasteiger partial charge in [0.05, 0.1) is 15.6 Å². The van der Waals surface area contributed by atoms with Gasteiger partial charge >= 0.3 is 0 Å². The monoisotopic (exact) mass is 595 g/mol. The third-order valence-corrected chi connectivity index (χ3v) is 9.82. The van der Waals surface area contributed by atoms with Crippen LogP contribution in [0.3, 0.4) is 0 Å². The first-order valence-corrected chi connectivity index (χ1v) is 15.9. The average molecular weight is 596 g/mol. The second-order valence-corrected chi connectivity index (χ2v) is 13.0. The summed E-state index contributed by atoms with van der Waals surface area (Å²) in [6.07, 6.45) is 5.12. The molecule has 0 spiro atoms. The van der Waals surface area contributed by atoms with Crippen LogP contribution in [0.25, 0.3) is 0 Å². The van der Waals surface area contributed by atoms with Gasteiger partial charge in [-0.05, 0) is 69.0 Å². The summed E-state index contributed by atoms with van der Waals surface area (Å²) < 4.78 is 28.9. The van der Waals surface area contributed by atoms with Crippen molar-refractivity contribution in [3.05, 3.63) is 94.5 Å². The molecule has 3 aromatic carbocycles. The number of amides is 2. The Morgan fingerprint density at radius 3 is 2.22 bits per heavy atom. The Labute approximate surface area is 248 Å². The molecule has 2 amide bonds. The van der Waals surface area contributed by atoms with Crippen LogP contribution in [0, 0.1) is 13.8 Å². The van der Waals surface area contributed by atoms with Crippen LogP contribution in [0.4, 0.5) is 5.69 Å².